The molecule has 0 radical (unpaired) electrons. The van der Waals surface area contributed by atoms with Crippen molar-refractivity contribution in [2.45, 2.75) is 32.8 Å². The van der Waals surface area contributed by atoms with Gasteiger partial charge < -0.3 is 19.5 Å². The second-order valence-corrected chi connectivity index (χ2v) is 6.65. The summed E-state index contributed by atoms with van der Waals surface area (Å²) < 4.78 is 16.0. The quantitative estimate of drug-likeness (QED) is 0.351. The molecule has 1 amide bonds. The van der Waals surface area contributed by atoms with E-state index in [0.29, 0.717) is 12.3 Å². The van der Waals surface area contributed by atoms with Crippen LogP contribution in [0.25, 0.3) is 0 Å². The molecule has 29 heavy (non-hydrogen) atoms. The maximum Gasteiger partial charge on any atom is 0.311 e. The van der Waals surface area contributed by atoms with Gasteiger partial charge in [-0.05, 0) is 50.5 Å². The van der Waals surface area contributed by atoms with Crippen molar-refractivity contribution in [2.75, 3.05) is 20.3 Å². The first-order chi connectivity index (χ1) is 13.9. The van der Waals surface area contributed by atoms with E-state index in [1.165, 1.54) is 25.3 Å². The van der Waals surface area contributed by atoms with Crippen LogP contribution in [0.15, 0.2) is 42.5 Å². The summed E-state index contributed by atoms with van der Waals surface area (Å²) in [6, 6.07) is 12.0. The first-order valence-corrected chi connectivity index (χ1v) is 9.36. The summed E-state index contributed by atoms with van der Waals surface area (Å²) in [7, 11) is 1.34. The highest BCUT2D eigenvalue weighted by Gasteiger charge is 2.15. The van der Waals surface area contributed by atoms with Crippen LogP contribution in [0.5, 0.6) is 17.2 Å². The molecule has 0 fully saturated rings. The average Bonchev–Trinajstić information content (AvgIpc) is 2.69. The minimum atomic E-state index is -0.542. The van der Waals surface area contributed by atoms with Gasteiger partial charge in [-0.2, -0.15) is 0 Å². The monoisotopic (exact) mass is 402 g/mol. The number of aryl methyl sites for hydroxylation is 1. The van der Waals surface area contributed by atoms with Gasteiger partial charge in [-0.3, -0.25) is 14.9 Å². The fourth-order valence-electron chi connectivity index (χ4n) is 2.67. The fraction of sp³-hybridized carbons (Fsp3) is 0.381. The van der Waals surface area contributed by atoms with Crippen molar-refractivity contribution < 1.29 is 23.9 Å². The molecule has 8 heteroatoms. The second-order valence-electron chi connectivity index (χ2n) is 6.65. The molecule has 0 bridgehead atoms. The van der Waals surface area contributed by atoms with Crippen molar-refractivity contribution in [3.63, 3.8) is 0 Å². The summed E-state index contributed by atoms with van der Waals surface area (Å²) in [6.07, 6.45) is 1.72. The average molecular weight is 402 g/mol. The summed E-state index contributed by atoms with van der Waals surface area (Å²) in [4.78, 5) is 22.3. The minimum Gasteiger partial charge on any atom is -0.491 e. The van der Waals surface area contributed by atoms with Gasteiger partial charge >= 0.3 is 5.69 Å². The van der Waals surface area contributed by atoms with E-state index in [1.807, 2.05) is 38.1 Å². The van der Waals surface area contributed by atoms with Crippen LogP contribution in [-0.4, -0.2) is 37.2 Å². The zero-order valence-electron chi connectivity index (χ0n) is 16.8. The number of nitrogens with one attached hydrogen (secondary N) is 1. The van der Waals surface area contributed by atoms with Crippen molar-refractivity contribution in [1.82, 2.24) is 5.32 Å². The number of methoxy groups -OCH3 is 1. The third-order valence-electron chi connectivity index (χ3n) is 3.95. The van der Waals surface area contributed by atoms with Gasteiger partial charge in [-0.1, -0.05) is 12.1 Å². The SMILES string of the molecule is COc1cc(OCC(=O)NCCCc2cccc(OC(C)C)c2)ccc1[N+](=O)[O-]. The van der Waals surface area contributed by atoms with E-state index in [1.54, 1.807) is 0 Å². The van der Waals surface area contributed by atoms with E-state index < -0.39 is 4.92 Å². The summed E-state index contributed by atoms with van der Waals surface area (Å²) in [5.41, 5.74) is 0.985. The molecule has 0 heterocycles. The molecule has 0 saturated heterocycles. The Morgan fingerprint density at radius 2 is 1.97 bits per heavy atom. The van der Waals surface area contributed by atoms with Gasteiger partial charge in [0, 0.05) is 18.7 Å². The predicted molar refractivity (Wildman–Crippen MR) is 109 cm³/mol. The Bertz CT molecular complexity index is 838. The number of nitro groups is 1. The number of carbonyl (C=O) groups is 1. The molecule has 0 saturated carbocycles. The Balaban J connectivity index is 1.73. The van der Waals surface area contributed by atoms with Gasteiger partial charge in [0.05, 0.1) is 18.1 Å². The standard InChI is InChI=1S/C21H26N2O6/c1-15(2)29-18-8-4-6-16(12-18)7-5-11-22-21(24)14-28-17-9-10-19(23(25)26)20(13-17)27-3/h4,6,8-10,12-13,15H,5,7,11,14H2,1-3H3,(H,22,24). The molecule has 156 valence electrons. The summed E-state index contributed by atoms with van der Waals surface area (Å²) in [6.45, 7) is 4.30. The van der Waals surface area contributed by atoms with E-state index in [2.05, 4.69) is 5.32 Å². The van der Waals surface area contributed by atoms with Crippen LogP contribution < -0.4 is 19.5 Å². The Kier molecular flexibility index (Phi) is 8.27. The number of hydrogen-bond acceptors (Lipinski definition) is 6. The molecule has 0 aromatic heterocycles. The molecule has 0 aliphatic rings. The molecule has 1 N–H and O–H groups in total. The second kappa shape index (κ2) is 10.9. The van der Waals surface area contributed by atoms with Gasteiger partial charge in [0.1, 0.15) is 11.5 Å². The van der Waals surface area contributed by atoms with Crippen LogP contribution in [0.4, 0.5) is 5.69 Å². The molecule has 0 aliphatic heterocycles. The molecule has 2 aromatic rings. The van der Waals surface area contributed by atoms with Crippen LogP contribution in [0, 0.1) is 10.1 Å². The molecule has 0 atom stereocenters. The highest BCUT2D eigenvalue weighted by molar-refractivity contribution is 5.77. The Morgan fingerprint density at radius 3 is 2.66 bits per heavy atom. The molecule has 0 spiro atoms. The van der Waals surface area contributed by atoms with Crippen molar-refractivity contribution in [1.29, 1.82) is 0 Å². The number of carbonyl (C=O) groups excluding carboxylic acids is 1. The van der Waals surface area contributed by atoms with Gasteiger partial charge in [-0.15, -0.1) is 0 Å². The lowest BCUT2D eigenvalue weighted by Crippen LogP contribution is -2.29. The third kappa shape index (κ3) is 7.33. The lowest BCUT2D eigenvalue weighted by Gasteiger charge is -2.11. The van der Waals surface area contributed by atoms with Crippen LogP contribution in [0.1, 0.15) is 25.8 Å². The van der Waals surface area contributed by atoms with Gasteiger partial charge in [0.15, 0.2) is 6.61 Å². The molecular formula is C21H26N2O6. The molecular weight excluding hydrogens is 376 g/mol. The number of benzene rings is 2. The van der Waals surface area contributed by atoms with Crippen LogP contribution >= 0.6 is 0 Å². The summed E-state index contributed by atoms with van der Waals surface area (Å²) in [5, 5.41) is 13.7. The van der Waals surface area contributed by atoms with Gasteiger partial charge in [-0.25, -0.2) is 0 Å². The number of ether oxygens (including phenoxy) is 3. The molecule has 0 unspecified atom stereocenters. The topological polar surface area (TPSA) is 99.9 Å². The van der Waals surface area contributed by atoms with Crippen molar-refractivity contribution >= 4 is 11.6 Å². The normalized spacial score (nSPS) is 10.5. The van der Waals surface area contributed by atoms with Crippen LogP contribution in [-0.2, 0) is 11.2 Å². The molecule has 0 aliphatic carbocycles. The van der Waals surface area contributed by atoms with E-state index in [0.717, 1.165) is 24.2 Å². The van der Waals surface area contributed by atoms with Crippen LogP contribution in [0.3, 0.4) is 0 Å². The number of nitrogens with zero attached hydrogens (tertiary/aromatic N) is 1. The number of rotatable bonds is 11. The van der Waals surface area contributed by atoms with E-state index in [-0.39, 0.29) is 30.1 Å². The van der Waals surface area contributed by atoms with Crippen molar-refractivity contribution in [3.8, 4) is 17.2 Å². The maximum atomic E-state index is 11.9. The number of amides is 1. The smallest absolute Gasteiger partial charge is 0.311 e. The van der Waals surface area contributed by atoms with Crippen molar-refractivity contribution in [3.05, 3.63) is 58.1 Å². The van der Waals surface area contributed by atoms with E-state index >= 15 is 0 Å². The first kappa shape index (κ1) is 22.0. The zero-order chi connectivity index (χ0) is 21.2. The Morgan fingerprint density at radius 1 is 1.17 bits per heavy atom. The summed E-state index contributed by atoms with van der Waals surface area (Å²) in [5.74, 6) is 0.980. The highest BCUT2D eigenvalue weighted by Crippen LogP contribution is 2.30. The van der Waals surface area contributed by atoms with Gasteiger partial charge in [0.25, 0.3) is 5.91 Å². The van der Waals surface area contributed by atoms with E-state index in [4.69, 9.17) is 14.2 Å². The number of nitro benzene ring substituents is 1. The molecule has 8 nitrogen and oxygen atoms in total. The van der Waals surface area contributed by atoms with Gasteiger partial charge in [0.2, 0.25) is 5.75 Å². The highest BCUT2D eigenvalue weighted by atomic mass is 16.6. The number of hydrogen-bond donors (Lipinski definition) is 1. The Labute approximate surface area is 169 Å². The Hall–Kier alpha value is -3.29. The molecule has 2 aromatic carbocycles. The first-order valence-electron chi connectivity index (χ1n) is 9.36. The lowest BCUT2D eigenvalue weighted by molar-refractivity contribution is -0.385. The minimum absolute atomic E-state index is 0.0802. The molecule has 2 rings (SSSR count). The summed E-state index contributed by atoms with van der Waals surface area (Å²) >= 11 is 0. The van der Waals surface area contributed by atoms with E-state index in [9.17, 15) is 14.9 Å². The fourth-order valence-corrected chi connectivity index (χ4v) is 2.67. The maximum absolute atomic E-state index is 11.9. The van der Waals surface area contributed by atoms with Crippen LogP contribution in [0.2, 0.25) is 0 Å². The largest absolute Gasteiger partial charge is 0.491 e. The lowest BCUT2D eigenvalue weighted by atomic mass is 10.1. The predicted octanol–water partition coefficient (Wildman–Crippen LogP) is 3.52. The van der Waals surface area contributed by atoms with Crippen molar-refractivity contribution in [2.24, 2.45) is 0 Å². The zero-order valence-corrected chi connectivity index (χ0v) is 16.8. The third-order valence-corrected chi connectivity index (χ3v) is 3.95.